The number of anilines is 3. The van der Waals surface area contributed by atoms with Crippen molar-refractivity contribution in [3.05, 3.63) is 47.8 Å². The van der Waals surface area contributed by atoms with Gasteiger partial charge in [-0.05, 0) is 44.2 Å². The van der Waals surface area contributed by atoms with Gasteiger partial charge in [-0.1, -0.05) is 6.07 Å². The second-order valence-electron chi connectivity index (χ2n) is 4.60. The number of nitrogens with two attached hydrogens (primary N) is 2. The first-order valence-corrected chi connectivity index (χ1v) is 6.42. The maximum absolute atomic E-state index is 5.86. The third-order valence-electron chi connectivity index (χ3n) is 3.12. The third-order valence-corrected chi connectivity index (χ3v) is 3.12. The SMILES string of the molecule is CCN(Cc1cccc(C)n1)c1ccc(N)c(N)c1. The summed E-state index contributed by atoms with van der Waals surface area (Å²) < 4.78 is 0. The molecule has 0 unspecified atom stereocenters. The summed E-state index contributed by atoms with van der Waals surface area (Å²) in [6.07, 6.45) is 0. The summed E-state index contributed by atoms with van der Waals surface area (Å²) in [5, 5.41) is 0. The fraction of sp³-hybridized carbons (Fsp3) is 0.267. The molecule has 0 aliphatic heterocycles. The van der Waals surface area contributed by atoms with E-state index in [1.807, 2.05) is 43.3 Å². The Bertz CT molecular complexity index is 566. The molecule has 0 bridgehead atoms. The van der Waals surface area contributed by atoms with Gasteiger partial charge in [0.05, 0.1) is 23.6 Å². The van der Waals surface area contributed by atoms with Crippen LogP contribution in [0.25, 0.3) is 0 Å². The molecule has 1 aromatic carbocycles. The summed E-state index contributed by atoms with van der Waals surface area (Å²) >= 11 is 0. The Labute approximate surface area is 114 Å². The van der Waals surface area contributed by atoms with Crippen LogP contribution < -0.4 is 16.4 Å². The lowest BCUT2D eigenvalue weighted by Crippen LogP contribution is -2.22. The van der Waals surface area contributed by atoms with Crippen LogP contribution in [0.4, 0.5) is 17.1 Å². The minimum atomic E-state index is 0.619. The van der Waals surface area contributed by atoms with E-state index >= 15 is 0 Å². The van der Waals surface area contributed by atoms with E-state index in [4.69, 9.17) is 11.5 Å². The molecule has 4 heteroatoms. The summed E-state index contributed by atoms with van der Waals surface area (Å²) in [7, 11) is 0. The predicted molar refractivity (Wildman–Crippen MR) is 81.0 cm³/mol. The van der Waals surface area contributed by atoms with E-state index in [-0.39, 0.29) is 0 Å². The van der Waals surface area contributed by atoms with Crippen molar-refractivity contribution < 1.29 is 0 Å². The summed E-state index contributed by atoms with van der Waals surface area (Å²) in [6, 6.07) is 11.8. The van der Waals surface area contributed by atoms with Crippen LogP contribution in [0.5, 0.6) is 0 Å². The Morgan fingerprint density at radius 3 is 2.53 bits per heavy atom. The summed E-state index contributed by atoms with van der Waals surface area (Å²) in [5.41, 5.74) is 16.0. The maximum Gasteiger partial charge on any atom is 0.0602 e. The van der Waals surface area contributed by atoms with E-state index in [0.29, 0.717) is 11.4 Å². The van der Waals surface area contributed by atoms with Gasteiger partial charge in [-0.3, -0.25) is 4.98 Å². The van der Waals surface area contributed by atoms with Crippen molar-refractivity contribution in [1.82, 2.24) is 4.98 Å². The van der Waals surface area contributed by atoms with Crippen LogP contribution in [0.2, 0.25) is 0 Å². The zero-order chi connectivity index (χ0) is 13.8. The van der Waals surface area contributed by atoms with Crippen LogP contribution >= 0.6 is 0 Å². The zero-order valence-corrected chi connectivity index (χ0v) is 11.4. The molecule has 4 N–H and O–H groups in total. The van der Waals surface area contributed by atoms with Gasteiger partial charge in [0.1, 0.15) is 0 Å². The lowest BCUT2D eigenvalue weighted by atomic mass is 10.2. The molecule has 1 aromatic heterocycles. The molecule has 0 aliphatic carbocycles. The molecule has 0 amide bonds. The average Bonchev–Trinajstić information content (AvgIpc) is 2.39. The van der Waals surface area contributed by atoms with Crippen molar-refractivity contribution in [3.8, 4) is 0 Å². The van der Waals surface area contributed by atoms with Crippen molar-refractivity contribution in [3.63, 3.8) is 0 Å². The van der Waals surface area contributed by atoms with Gasteiger partial charge in [0.25, 0.3) is 0 Å². The highest BCUT2D eigenvalue weighted by Gasteiger charge is 2.07. The Balaban J connectivity index is 2.22. The average molecular weight is 256 g/mol. The standard InChI is InChI=1S/C15H20N4/c1-3-19(10-12-6-4-5-11(2)18-12)13-7-8-14(16)15(17)9-13/h4-9H,3,10,16-17H2,1-2H3. The molecule has 0 saturated heterocycles. The third kappa shape index (κ3) is 3.16. The molecule has 1 heterocycles. The zero-order valence-electron chi connectivity index (χ0n) is 11.4. The van der Waals surface area contributed by atoms with Gasteiger partial charge in [0.2, 0.25) is 0 Å². The quantitative estimate of drug-likeness (QED) is 0.825. The van der Waals surface area contributed by atoms with E-state index in [2.05, 4.69) is 16.8 Å². The highest BCUT2D eigenvalue weighted by molar-refractivity contribution is 5.69. The molecule has 2 aromatic rings. The summed E-state index contributed by atoms with van der Waals surface area (Å²) in [4.78, 5) is 6.75. The number of benzene rings is 1. The van der Waals surface area contributed by atoms with E-state index < -0.39 is 0 Å². The monoisotopic (exact) mass is 256 g/mol. The van der Waals surface area contributed by atoms with Crippen molar-refractivity contribution in [2.45, 2.75) is 20.4 Å². The first-order chi connectivity index (χ1) is 9.10. The van der Waals surface area contributed by atoms with E-state index in [1.165, 1.54) is 0 Å². The largest absolute Gasteiger partial charge is 0.397 e. The summed E-state index contributed by atoms with van der Waals surface area (Å²) in [5.74, 6) is 0. The van der Waals surface area contributed by atoms with Crippen molar-refractivity contribution in [1.29, 1.82) is 0 Å². The van der Waals surface area contributed by atoms with E-state index in [1.54, 1.807) is 0 Å². The van der Waals surface area contributed by atoms with Crippen LogP contribution in [-0.2, 0) is 6.54 Å². The van der Waals surface area contributed by atoms with Gasteiger partial charge < -0.3 is 16.4 Å². The lowest BCUT2D eigenvalue weighted by Gasteiger charge is -2.23. The fourth-order valence-corrected chi connectivity index (χ4v) is 2.03. The molecule has 4 nitrogen and oxygen atoms in total. The van der Waals surface area contributed by atoms with Gasteiger partial charge >= 0.3 is 0 Å². The first-order valence-electron chi connectivity index (χ1n) is 6.42. The second kappa shape index (κ2) is 5.61. The number of aromatic nitrogens is 1. The lowest BCUT2D eigenvalue weighted by molar-refractivity contribution is 0.806. The molecule has 0 aliphatic rings. The minimum absolute atomic E-state index is 0.619. The maximum atomic E-state index is 5.86. The topological polar surface area (TPSA) is 68.2 Å². The number of nitrogen functional groups attached to an aromatic ring is 2. The van der Waals surface area contributed by atoms with Gasteiger partial charge in [-0.15, -0.1) is 0 Å². The number of rotatable bonds is 4. The highest BCUT2D eigenvalue weighted by Crippen LogP contribution is 2.24. The molecule has 0 spiro atoms. The van der Waals surface area contributed by atoms with Crippen molar-refractivity contribution >= 4 is 17.1 Å². The number of nitrogens with zero attached hydrogens (tertiary/aromatic N) is 2. The normalized spacial score (nSPS) is 10.4. The first kappa shape index (κ1) is 13.2. The van der Waals surface area contributed by atoms with Gasteiger partial charge in [-0.25, -0.2) is 0 Å². The van der Waals surface area contributed by atoms with Crippen LogP contribution in [0, 0.1) is 6.92 Å². The Morgan fingerprint density at radius 1 is 1.11 bits per heavy atom. The molecule has 0 saturated carbocycles. The number of hydrogen-bond donors (Lipinski definition) is 2. The molecule has 19 heavy (non-hydrogen) atoms. The Hall–Kier alpha value is -2.23. The molecule has 100 valence electrons. The number of pyridine rings is 1. The molecule has 0 atom stereocenters. The molecular formula is C15H20N4. The van der Waals surface area contributed by atoms with Crippen molar-refractivity contribution in [2.75, 3.05) is 22.9 Å². The predicted octanol–water partition coefficient (Wildman–Crippen LogP) is 2.58. The Morgan fingerprint density at radius 2 is 1.89 bits per heavy atom. The fourth-order valence-electron chi connectivity index (χ4n) is 2.03. The Kier molecular flexibility index (Phi) is 3.90. The number of hydrogen-bond acceptors (Lipinski definition) is 4. The highest BCUT2D eigenvalue weighted by atomic mass is 15.1. The summed E-state index contributed by atoms with van der Waals surface area (Å²) in [6.45, 7) is 5.77. The van der Waals surface area contributed by atoms with Crippen LogP contribution in [0.3, 0.4) is 0 Å². The van der Waals surface area contributed by atoms with Gasteiger partial charge in [-0.2, -0.15) is 0 Å². The molecule has 0 fully saturated rings. The molecule has 0 radical (unpaired) electrons. The molecular weight excluding hydrogens is 236 g/mol. The smallest absolute Gasteiger partial charge is 0.0602 e. The van der Waals surface area contributed by atoms with Gasteiger partial charge in [0, 0.05) is 17.9 Å². The van der Waals surface area contributed by atoms with Crippen LogP contribution in [-0.4, -0.2) is 11.5 Å². The van der Waals surface area contributed by atoms with Crippen LogP contribution in [0.15, 0.2) is 36.4 Å². The second-order valence-corrected chi connectivity index (χ2v) is 4.60. The van der Waals surface area contributed by atoms with Gasteiger partial charge in [0.15, 0.2) is 0 Å². The minimum Gasteiger partial charge on any atom is -0.397 e. The molecule has 2 rings (SSSR count). The van der Waals surface area contributed by atoms with Crippen molar-refractivity contribution in [2.24, 2.45) is 0 Å². The number of aryl methyl sites for hydroxylation is 1. The van der Waals surface area contributed by atoms with E-state index in [0.717, 1.165) is 30.2 Å². The van der Waals surface area contributed by atoms with E-state index in [9.17, 15) is 0 Å². The van der Waals surface area contributed by atoms with Crippen LogP contribution in [0.1, 0.15) is 18.3 Å².